The summed E-state index contributed by atoms with van der Waals surface area (Å²) in [4.78, 5) is 12.7. The molecular formula is C18H17NO2. The molecule has 3 nitrogen and oxygen atoms in total. The Kier molecular flexibility index (Phi) is 3.59. The maximum atomic E-state index is 12.7. The van der Waals surface area contributed by atoms with Gasteiger partial charge in [-0.3, -0.25) is 4.79 Å². The van der Waals surface area contributed by atoms with Gasteiger partial charge in [-0.2, -0.15) is 0 Å². The molecule has 106 valence electrons. The largest absolute Gasteiger partial charge is 0.453 e. The molecule has 0 aliphatic heterocycles. The van der Waals surface area contributed by atoms with Gasteiger partial charge in [0.05, 0.1) is 5.92 Å². The van der Waals surface area contributed by atoms with Crippen LogP contribution in [0.3, 0.4) is 0 Å². The Balaban J connectivity index is 1.98. The highest BCUT2D eigenvalue weighted by Gasteiger charge is 2.23. The van der Waals surface area contributed by atoms with Crippen LogP contribution in [0.4, 0.5) is 0 Å². The first-order valence-electron chi connectivity index (χ1n) is 6.98. The van der Waals surface area contributed by atoms with Crippen molar-refractivity contribution in [2.75, 3.05) is 6.54 Å². The van der Waals surface area contributed by atoms with Crippen LogP contribution in [-0.4, -0.2) is 12.3 Å². The predicted octanol–water partition coefficient (Wildman–Crippen LogP) is 3.67. The van der Waals surface area contributed by atoms with Crippen molar-refractivity contribution in [3.05, 3.63) is 71.5 Å². The highest BCUT2D eigenvalue weighted by Crippen LogP contribution is 2.25. The summed E-state index contributed by atoms with van der Waals surface area (Å²) in [5.74, 6) is -0.0692. The Labute approximate surface area is 123 Å². The van der Waals surface area contributed by atoms with Gasteiger partial charge in [-0.15, -0.1) is 0 Å². The normalized spacial score (nSPS) is 12.5. The summed E-state index contributed by atoms with van der Waals surface area (Å²) in [5.41, 5.74) is 8.59. The molecule has 0 fully saturated rings. The molecule has 3 heteroatoms. The van der Waals surface area contributed by atoms with Gasteiger partial charge in [0, 0.05) is 11.9 Å². The molecule has 2 N–H and O–H groups in total. The molecule has 0 saturated carbocycles. The van der Waals surface area contributed by atoms with E-state index in [2.05, 4.69) is 0 Å². The maximum Gasteiger partial charge on any atom is 0.206 e. The van der Waals surface area contributed by atoms with E-state index in [0.29, 0.717) is 5.76 Å². The lowest BCUT2D eigenvalue weighted by Crippen LogP contribution is -2.21. The number of rotatable bonds is 4. The topological polar surface area (TPSA) is 56.2 Å². The molecule has 0 spiro atoms. The average Bonchev–Trinajstić information content (AvgIpc) is 2.92. The molecular weight excluding hydrogens is 262 g/mol. The van der Waals surface area contributed by atoms with Crippen LogP contribution in [0.25, 0.3) is 11.0 Å². The summed E-state index contributed by atoms with van der Waals surface area (Å²) in [6.07, 6.45) is 0. The second-order valence-corrected chi connectivity index (χ2v) is 5.22. The zero-order valence-corrected chi connectivity index (χ0v) is 11.9. The van der Waals surface area contributed by atoms with Crippen LogP contribution in [0.1, 0.15) is 27.6 Å². The number of carbonyl (C=O) groups is 1. The number of benzene rings is 2. The highest BCUT2D eigenvalue weighted by molar-refractivity contribution is 6.01. The molecule has 0 bridgehead atoms. The predicted molar refractivity (Wildman–Crippen MR) is 83.5 cm³/mol. The second kappa shape index (κ2) is 5.54. The molecule has 21 heavy (non-hydrogen) atoms. The number of furan rings is 1. The van der Waals surface area contributed by atoms with Crippen LogP contribution >= 0.6 is 0 Å². The van der Waals surface area contributed by atoms with E-state index in [1.54, 1.807) is 6.07 Å². The van der Waals surface area contributed by atoms with E-state index >= 15 is 0 Å². The number of Topliss-reactive ketones (excluding diaryl/α,β-unsaturated/α-hetero) is 1. The molecule has 0 radical (unpaired) electrons. The Morgan fingerprint density at radius 1 is 1.14 bits per heavy atom. The van der Waals surface area contributed by atoms with E-state index in [4.69, 9.17) is 10.2 Å². The molecule has 0 saturated heterocycles. The summed E-state index contributed by atoms with van der Waals surface area (Å²) < 4.78 is 5.68. The highest BCUT2D eigenvalue weighted by atomic mass is 16.3. The van der Waals surface area contributed by atoms with E-state index in [-0.39, 0.29) is 18.2 Å². The van der Waals surface area contributed by atoms with Crippen molar-refractivity contribution >= 4 is 16.8 Å². The third kappa shape index (κ3) is 2.60. The van der Waals surface area contributed by atoms with Crippen molar-refractivity contribution in [3.8, 4) is 0 Å². The minimum Gasteiger partial charge on any atom is -0.453 e. The molecule has 3 aromatic rings. The van der Waals surface area contributed by atoms with Crippen LogP contribution in [0.5, 0.6) is 0 Å². The maximum absolute atomic E-state index is 12.7. The van der Waals surface area contributed by atoms with Crippen molar-refractivity contribution in [1.82, 2.24) is 0 Å². The Morgan fingerprint density at radius 3 is 2.62 bits per heavy atom. The lowest BCUT2D eigenvalue weighted by Gasteiger charge is -2.12. The number of carbonyl (C=O) groups excluding carboxylic acids is 1. The first kappa shape index (κ1) is 13.6. The molecule has 0 aliphatic rings. The molecule has 1 aromatic heterocycles. The zero-order chi connectivity index (χ0) is 14.8. The molecule has 1 heterocycles. The summed E-state index contributed by atoms with van der Waals surface area (Å²) in [5, 5.41) is 0.946. The van der Waals surface area contributed by atoms with Gasteiger partial charge in [0.15, 0.2) is 5.76 Å². The summed E-state index contributed by atoms with van der Waals surface area (Å²) in [6, 6.07) is 17.3. The molecule has 3 rings (SSSR count). The fourth-order valence-corrected chi connectivity index (χ4v) is 2.54. The van der Waals surface area contributed by atoms with Crippen LogP contribution in [0.2, 0.25) is 0 Å². The van der Waals surface area contributed by atoms with Crippen molar-refractivity contribution in [1.29, 1.82) is 0 Å². The zero-order valence-electron chi connectivity index (χ0n) is 11.9. The van der Waals surface area contributed by atoms with Gasteiger partial charge in [0.2, 0.25) is 5.78 Å². The van der Waals surface area contributed by atoms with Gasteiger partial charge in [0.25, 0.3) is 0 Å². The van der Waals surface area contributed by atoms with Crippen molar-refractivity contribution in [2.45, 2.75) is 12.8 Å². The van der Waals surface area contributed by atoms with Gasteiger partial charge >= 0.3 is 0 Å². The standard InChI is InChI=1S/C18H17NO2/c1-12-7-8-16-14(9-12)10-17(21-16)18(20)15(11-19)13-5-3-2-4-6-13/h2-10,15H,11,19H2,1H3. The van der Waals surface area contributed by atoms with Gasteiger partial charge in [-0.25, -0.2) is 0 Å². The first-order valence-corrected chi connectivity index (χ1v) is 6.98. The smallest absolute Gasteiger partial charge is 0.206 e. The molecule has 0 amide bonds. The summed E-state index contributed by atoms with van der Waals surface area (Å²) >= 11 is 0. The molecule has 1 atom stereocenters. The summed E-state index contributed by atoms with van der Waals surface area (Å²) in [6.45, 7) is 2.28. The summed E-state index contributed by atoms with van der Waals surface area (Å²) in [7, 11) is 0. The minimum absolute atomic E-state index is 0.0717. The van der Waals surface area contributed by atoms with Crippen LogP contribution in [0, 0.1) is 6.92 Å². The van der Waals surface area contributed by atoms with Crippen molar-refractivity contribution in [2.24, 2.45) is 5.73 Å². The third-order valence-electron chi connectivity index (χ3n) is 3.67. The third-order valence-corrected chi connectivity index (χ3v) is 3.67. The fraction of sp³-hybridized carbons (Fsp3) is 0.167. The Bertz CT molecular complexity index is 774. The fourth-order valence-electron chi connectivity index (χ4n) is 2.54. The van der Waals surface area contributed by atoms with E-state index in [0.717, 1.165) is 22.1 Å². The van der Waals surface area contributed by atoms with Crippen LogP contribution in [0.15, 0.2) is 59.0 Å². The Morgan fingerprint density at radius 2 is 1.90 bits per heavy atom. The van der Waals surface area contributed by atoms with Gasteiger partial charge < -0.3 is 10.2 Å². The van der Waals surface area contributed by atoms with E-state index in [1.807, 2.05) is 55.5 Å². The van der Waals surface area contributed by atoms with E-state index < -0.39 is 0 Å². The van der Waals surface area contributed by atoms with Crippen molar-refractivity contribution < 1.29 is 9.21 Å². The first-order chi connectivity index (χ1) is 10.2. The molecule has 0 aliphatic carbocycles. The van der Waals surface area contributed by atoms with Gasteiger partial charge in [-0.1, -0.05) is 42.0 Å². The van der Waals surface area contributed by atoms with Crippen molar-refractivity contribution in [3.63, 3.8) is 0 Å². The Hall–Kier alpha value is -2.39. The van der Waals surface area contributed by atoms with Crippen LogP contribution in [-0.2, 0) is 0 Å². The molecule has 2 aromatic carbocycles. The van der Waals surface area contributed by atoms with E-state index in [1.165, 1.54) is 0 Å². The monoisotopic (exact) mass is 279 g/mol. The lowest BCUT2D eigenvalue weighted by atomic mass is 9.93. The molecule has 1 unspecified atom stereocenters. The minimum atomic E-state index is -0.368. The number of aryl methyl sites for hydroxylation is 1. The SMILES string of the molecule is Cc1ccc2oc(C(=O)C(CN)c3ccccc3)cc2c1. The average molecular weight is 279 g/mol. The quantitative estimate of drug-likeness (QED) is 0.741. The number of fused-ring (bicyclic) bond motifs is 1. The number of nitrogens with two attached hydrogens (primary N) is 1. The second-order valence-electron chi connectivity index (χ2n) is 5.22. The number of hydrogen-bond donors (Lipinski definition) is 1. The van der Waals surface area contributed by atoms with Crippen LogP contribution < -0.4 is 5.73 Å². The number of hydrogen-bond acceptors (Lipinski definition) is 3. The number of ketones is 1. The van der Waals surface area contributed by atoms with Gasteiger partial charge in [-0.05, 0) is 30.7 Å². The lowest BCUT2D eigenvalue weighted by molar-refractivity contribution is 0.0937. The van der Waals surface area contributed by atoms with E-state index in [9.17, 15) is 4.79 Å². The van der Waals surface area contributed by atoms with Gasteiger partial charge in [0.1, 0.15) is 5.58 Å².